The number of hydrogen-bond acceptors (Lipinski definition) is 5. The lowest BCUT2D eigenvalue weighted by atomic mass is 9.58. The van der Waals surface area contributed by atoms with E-state index in [1.165, 1.54) is 19.4 Å². The van der Waals surface area contributed by atoms with Gasteiger partial charge in [0.2, 0.25) is 0 Å². The summed E-state index contributed by atoms with van der Waals surface area (Å²) in [5.74, 6) is 0.537. The zero-order valence-corrected chi connectivity index (χ0v) is 15.0. The maximum absolute atomic E-state index is 10.3. The average molecular weight is 339 g/mol. The van der Waals surface area contributed by atoms with Crippen LogP contribution in [0.25, 0.3) is 0 Å². The van der Waals surface area contributed by atoms with E-state index >= 15 is 0 Å². The maximum Gasteiger partial charge on any atom is 0.168 e. The van der Waals surface area contributed by atoms with Crippen molar-refractivity contribution in [2.45, 2.75) is 69.9 Å². The molecule has 2 saturated heterocycles. The minimum Gasteiger partial charge on any atom is -0.392 e. The molecule has 2 saturated carbocycles. The number of aliphatic hydroxyl groups excluding tert-OH is 1. The molecule has 4 fully saturated rings. The fourth-order valence-electron chi connectivity index (χ4n) is 5.42. The third-order valence-corrected chi connectivity index (χ3v) is 7.09. The number of ether oxygens (including phenoxy) is 3. The summed E-state index contributed by atoms with van der Waals surface area (Å²) < 4.78 is 17.6. The summed E-state index contributed by atoms with van der Waals surface area (Å²) in [6.07, 6.45) is 7.68. The van der Waals surface area contributed by atoms with E-state index in [1.54, 1.807) is 0 Å². The second-order valence-corrected chi connectivity index (χ2v) is 8.28. The Balaban J connectivity index is 1.24. The first-order chi connectivity index (χ1) is 11.7. The van der Waals surface area contributed by atoms with E-state index in [1.807, 2.05) is 0 Å². The third kappa shape index (κ3) is 3.03. The standard InChI is InChI=1S/C19H33NO4/c1-2-22-17-13-16(21)18(17)7-9-20(10-8-18)14-15-3-5-19(6-4-15)23-11-12-24-19/h15-17,21H,2-14H2,1H3. The molecule has 0 aromatic heterocycles. The van der Waals surface area contributed by atoms with Crippen molar-refractivity contribution in [3.05, 3.63) is 0 Å². The van der Waals surface area contributed by atoms with Crippen LogP contribution in [0.15, 0.2) is 0 Å². The van der Waals surface area contributed by atoms with E-state index < -0.39 is 0 Å². The lowest BCUT2D eigenvalue weighted by Crippen LogP contribution is -2.62. The Bertz CT molecular complexity index is 417. The molecule has 2 heterocycles. The molecule has 0 radical (unpaired) electrons. The van der Waals surface area contributed by atoms with Crippen molar-refractivity contribution in [2.24, 2.45) is 11.3 Å². The topological polar surface area (TPSA) is 51.2 Å². The highest BCUT2D eigenvalue weighted by atomic mass is 16.7. The van der Waals surface area contributed by atoms with Gasteiger partial charge in [0.1, 0.15) is 0 Å². The number of rotatable bonds is 4. The molecule has 4 aliphatic rings. The van der Waals surface area contributed by atoms with Gasteiger partial charge >= 0.3 is 0 Å². The van der Waals surface area contributed by atoms with Crippen LogP contribution in [0, 0.1) is 11.3 Å². The number of nitrogens with zero attached hydrogens (tertiary/aromatic N) is 1. The van der Waals surface area contributed by atoms with Gasteiger partial charge in [-0.1, -0.05) is 0 Å². The molecule has 24 heavy (non-hydrogen) atoms. The van der Waals surface area contributed by atoms with Crippen molar-refractivity contribution in [2.75, 3.05) is 39.5 Å². The van der Waals surface area contributed by atoms with Gasteiger partial charge in [0.05, 0.1) is 25.4 Å². The lowest BCUT2D eigenvalue weighted by molar-refractivity contribution is -0.211. The van der Waals surface area contributed by atoms with E-state index in [0.717, 1.165) is 70.9 Å². The third-order valence-electron chi connectivity index (χ3n) is 7.09. The maximum atomic E-state index is 10.3. The summed E-state index contributed by atoms with van der Waals surface area (Å²) in [4.78, 5) is 2.61. The minimum absolute atomic E-state index is 0.0503. The van der Waals surface area contributed by atoms with Crippen LogP contribution < -0.4 is 0 Å². The van der Waals surface area contributed by atoms with Gasteiger partial charge in [0.15, 0.2) is 5.79 Å². The van der Waals surface area contributed by atoms with Crippen molar-refractivity contribution >= 4 is 0 Å². The minimum atomic E-state index is -0.233. The molecule has 0 amide bonds. The second kappa shape index (κ2) is 6.84. The highest BCUT2D eigenvalue weighted by Crippen LogP contribution is 2.51. The highest BCUT2D eigenvalue weighted by Gasteiger charge is 2.56. The molecule has 5 heteroatoms. The fraction of sp³-hybridized carbons (Fsp3) is 1.00. The predicted molar refractivity (Wildman–Crippen MR) is 90.7 cm³/mol. The Hall–Kier alpha value is -0.200. The molecular weight excluding hydrogens is 306 g/mol. The lowest BCUT2D eigenvalue weighted by Gasteiger charge is -2.57. The predicted octanol–water partition coefficient (Wildman–Crippen LogP) is 2.17. The molecule has 2 aliphatic carbocycles. The SMILES string of the molecule is CCOC1CC(O)C12CCN(CC1CCC3(CC1)OCCO3)CC2. The first-order valence-electron chi connectivity index (χ1n) is 9.96. The summed E-state index contributed by atoms with van der Waals surface area (Å²) in [5.41, 5.74) is 0.0503. The van der Waals surface area contributed by atoms with Crippen molar-refractivity contribution < 1.29 is 19.3 Å². The smallest absolute Gasteiger partial charge is 0.168 e. The molecule has 1 N–H and O–H groups in total. The summed E-state index contributed by atoms with van der Waals surface area (Å²) in [6.45, 7) is 7.76. The van der Waals surface area contributed by atoms with E-state index in [-0.39, 0.29) is 23.4 Å². The normalized spacial score (nSPS) is 36.2. The molecule has 4 rings (SSSR count). The highest BCUT2D eigenvalue weighted by molar-refractivity contribution is 5.06. The largest absolute Gasteiger partial charge is 0.392 e. The van der Waals surface area contributed by atoms with Crippen LogP contribution in [0.3, 0.4) is 0 Å². The Morgan fingerprint density at radius 3 is 2.33 bits per heavy atom. The first-order valence-corrected chi connectivity index (χ1v) is 9.96. The average Bonchev–Trinajstić information content (AvgIpc) is 3.06. The number of aliphatic hydroxyl groups is 1. The van der Waals surface area contributed by atoms with Gasteiger partial charge in [-0.05, 0) is 51.6 Å². The van der Waals surface area contributed by atoms with Crippen LogP contribution in [-0.2, 0) is 14.2 Å². The summed E-state index contributed by atoms with van der Waals surface area (Å²) in [5, 5.41) is 10.3. The molecule has 2 unspecified atom stereocenters. The van der Waals surface area contributed by atoms with E-state index in [0.29, 0.717) is 0 Å². The first kappa shape index (κ1) is 17.2. The van der Waals surface area contributed by atoms with Crippen molar-refractivity contribution in [3.63, 3.8) is 0 Å². The number of piperidine rings is 1. The van der Waals surface area contributed by atoms with Crippen molar-refractivity contribution in [1.82, 2.24) is 4.90 Å². The van der Waals surface area contributed by atoms with Crippen LogP contribution in [0.4, 0.5) is 0 Å². The van der Waals surface area contributed by atoms with Gasteiger partial charge in [-0.3, -0.25) is 0 Å². The number of likely N-dealkylation sites (tertiary alicyclic amines) is 1. The van der Waals surface area contributed by atoms with Crippen LogP contribution in [0.2, 0.25) is 0 Å². The van der Waals surface area contributed by atoms with E-state index in [4.69, 9.17) is 14.2 Å². The second-order valence-electron chi connectivity index (χ2n) is 8.28. The van der Waals surface area contributed by atoms with E-state index in [2.05, 4.69) is 11.8 Å². The van der Waals surface area contributed by atoms with Gasteiger partial charge < -0.3 is 24.2 Å². The summed E-state index contributed by atoms with van der Waals surface area (Å²) in [6, 6.07) is 0. The molecule has 0 aromatic rings. The zero-order chi connectivity index (χ0) is 16.6. The quantitative estimate of drug-likeness (QED) is 0.851. The fourth-order valence-corrected chi connectivity index (χ4v) is 5.42. The van der Waals surface area contributed by atoms with Crippen LogP contribution >= 0.6 is 0 Å². The molecule has 0 bridgehead atoms. The molecule has 2 spiro atoms. The van der Waals surface area contributed by atoms with Crippen molar-refractivity contribution in [1.29, 1.82) is 0 Å². The molecule has 138 valence electrons. The van der Waals surface area contributed by atoms with Gasteiger partial charge in [-0.2, -0.15) is 0 Å². The Morgan fingerprint density at radius 1 is 1.08 bits per heavy atom. The molecular formula is C19H33NO4. The molecule has 2 atom stereocenters. The molecule has 5 nitrogen and oxygen atoms in total. The number of hydrogen-bond donors (Lipinski definition) is 1. The van der Waals surface area contributed by atoms with Gasteiger partial charge in [0, 0.05) is 37.8 Å². The zero-order valence-electron chi connectivity index (χ0n) is 15.0. The molecule has 0 aromatic carbocycles. The van der Waals surface area contributed by atoms with E-state index in [9.17, 15) is 5.11 Å². The van der Waals surface area contributed by atoms with Gasteiger partial charge in [-0.15, -0.1) is 0 Å². The monoisotopic (exact) mass is 339 g/mol. The Labute approximate surface area is 145 Å². The van der Waals surface area contributed by atoms with Gasteiger partial charge in [-0.25, -0.2) is 0 Å². The van der Waals surface area contributed by atoms with Crippen molar-refractivity contribution in [3.8, 4) is 0 Å². The van der Waals surface area contributed by atoms with Crippen LogP contribution in [0.5, 0.6) is 0 Å². The summed E-state index contributed by atoms with van der Waals surface area (Å²) in [7, 11) is 0. The summed E-state index contributed by atoms with van der Waals surface area (Å²) >= 11 is 0. The Morgan fingerprint density at radius 2 is 1.75 bits per heavy atom. The molecule has 2 aliphatic heterocycles. The van der Waals surface area contributed by atoms with Gasteiger partial charge in [0.25, 0.3) is 0 Å². The van der Waals surface area contributed by atoms with Crippen LogP contribution in [-0.4, -0.2) is 67.5 Å². The van der Waals surface area contributed by atoms with Crippen LogP contribution in [0.1, 0.15) is 51.9 Å². The Kier molecular flexibility index (Phi) is 4.91.